The Hall–Kier alpha value is -2.11. The van der Waals surface area contributed by atoms with Crippen molar-refractivity contribution in [3.8, 4) is 0 Å². The van der Waals surface area contributed by atoms with Crippen LogP contribution in [0.4, 0.5) is 4.39 Å². The zero-order valence-electron chi connectivity index (χ0n) is 13.2. The third-order valence-corrected chi connectivity index (χ3v) is 4.93. The molecule has 0 unspecified atom stereocenters. The minimum atomic E-state index is -0.449. The first-order valence-electron chi connectivity index (χ1n) is 7.75. The molecule has 0 bridgehead atoms. The zero-order valence-corrected chi connectivity index (χ0v) is 14.7. The summed E-state index contributed by atoms with van der Waals surface area (Å²) in [7, 11) is 0. The van der Waals surface area contributed by atoms with Gasteiger partial charge in [0.05, 0.1) is 15.6 Å². The number of nitrogens with zero attached hydrogens (tertiary/aromatic N) is 2. The topological polar surface area (TPSA) is 40.6 Å². The molecule has 3 rings (SSSR count). The van der Waals surface area contributed by atoms with Crippen LogP contribution in [0.3, 0.4) is 0 Å². The largest absolute Gasteiger partial charge is 0.335 e. The Morgan fingerprint density at radius 3 is 2.12 bits per heavy atom. The summed E-state index contributed by atoms with van der Waals surface area (Å²) in [5, 5.41) is 0.555. The molecular weight excluding hydrogens is 366 g/mol. The van der Waals surface area contributed by atoms with Crippen LogP contribution in [0.2, 0.25) is 10.0 Å². The van der Waals surface area contributed by atoms with Gasteiger partial charge in [0.2, 0.25) is 0 Å². The molecule has 2 aromatic carbocycles. The Bertz CT molecular complexity index is 820. The van der Waals surface area contributed by atoms with Crippen molar-refractivity contribution >= 4 is 35.0 Å². The van der Waals surface area contributed by atoms with Gasteiger partial charge in [-0.3, -0.25) is 9.59 Å². The molecule has 0 N–H and O–H groups in total. The van der Waals surface area contributed by atoms with Gasteiger partial charge in [0.15, 0.2) is 0 Å². The van der Waals surface area contributed by atoms with Crippen LogP contribution in [-0.4, -0.2) is 47.8 Å². The third kappa shape index (κ3) is 3.78. The number of carbonyl (C=O) groups excluding carboxylic acids is 2. The number of hydrogen-bond donors (Lipinski definition) is 0. The molecule has 7 heteroatoms. The lowest BCUT2D eigenvalue weighted by atomic mass is 10.1. The molecular formula is C18H15Cl2FN2O2. The molecule has 1 aliphatic rings. The fourth-order valence-corrected chi connectivity index (χ4v) is 3.14. The van der Waals surface area contributed by atoms with E-state index >= 15 is 0 Å². The number of carbonyl (C=O) groups is 2. The maximum atomic E-state index is 13.3. The highest BCUT2D eigenvalue weighted by molar-refractivity contribution is 6.43. The van der Waals surface area contributed by atoms with Crippen LogP contribution in [0, 0.1) is 5.82 Å². The van der Waals surface area contributed by atoms with Crippen molar-refractivity contribution in [2.75, 3.05) is 26.2 Å². The van der Waals surface area contributed by atoms with Gasteiger partial charge in [-0.05, 0) is 30.3 Å². The van der Waals surface area contributed by atoms with E-state index in [1.807, 2.05) is 0 Å². The Morgan fingerprint density at radius 1 is 0.880 bits per heavy atom. The summed E-state index contributed by atoms with van der Waals surface area (Å²) in [6.45, 7) is 1.50. The molecule has 0 aliphatic carbocycles. The predicted octanol–water partition coefficient (Wildman–Crippen LogP) is 3.73. The summed E-state index contributed by atoms with van der Waals surface area (Å²) in [6, 6.07) is 10.5. The van der Waals surface area contributed by atoms with Gasteiger partial charge in [0, 0.05) is 31.7 Å². The molecule has 0 spiro atoms. The highest BCUT2D eigenvalue weighted by atomic mass is 35.5. The first-order valence-corrected chi connectivity index (χ1v) is 8.51. The molecule has 1 aliphatic heterocycles. The molecule has 0 aromatic heterocycles. The highest BCUT2D eigenvalue weighted by Crippen LogP contribution is 2.26. The lowest BCUT2D eigenvalue weighted by molar-refractivity contribution is 0.0535. The number of hydrogen-bond acceptors (Lipinski definition) is 2. The lowest BCUT2D eigenvalue weighted by Crippen LogP contribution is -2.50. The van der Waals surface area contributed by atoms with E-state index < -0.39 is 5.82 Å². The van der Waals surface area contributed by atoms with E-state index in [0.717, 1.165) is 0 Å². The summed E-state index contributed by atoms with van der Waals surface area (Å²) in [5.41, 5.74) is 0.650. The van der Waals surface area contributed by atoms with Crippen LogP contribution < -0.4 is 0 Å². The average Bonchev–Trinajstić information content (AvgIpc) is 2.63. The SMILES string of the molecule is O=C(c1cccc(F)c1)N1CCN(C(=O)c2cccc(Cl)c2Cl)CC1. The maximum absolute atomic E-state index is 13.3. The minimum absolute atomic E-state index is 0.217. The van der Waals surface area contributed by atoms with E-state index in [2.05, 4.69) is 0 Å². The number of amides is 2. The van der Waals surface area contributed by atoms with Crippen LogP contribution in [0.15, 0.2) is 42.5 Å². The van der Waals surface area contributed by atoms with Gasteiger partial charge in [-0.2, -0.15) is 0 Å². The normalized spacial score (nSPS) is 14.5. The number of benzene rings is 2. The Balaban J connectivity index is 1.66. The van der Waals surface area contributed by atoms with Crippen LogP contribution in [-0.2, 0) is 0 Å². The number of halogens is 3. The zero-order chi connectivity index (χ0) is 18.0. The molecule has 130 valence electrons. The van der Waals surface area contributed by atoms with E-state index in [1.165, 1.54) is 18.2 Å². The smallest absolute Gasteiger partial charge is 0.255 e. The van der Waals surface area contributed by atoms with Gasteiger partial charge >= 0.3 is 0 Å². The molecule has 2 amide bonds. The summed E-state index contributed by atoms with van der Waals surface area (Å²) in [5.74, 6) is -0.909. The van der Waals surface area contributed by atoms with Crippen molar-refractivity contribution in [1.29, 1.82) is 0 Å². The second kappa shape index (κ2) is 7.42. The number of piperazine rings is 1. The summed E-state index contributed by atoms with van der Waals surface area (Å²) >= 11 is 12.1. The summed E-state index contributed by atoms with van der Waals surface area (Å²) in [4.78, 5) is 28.2. The molecule has 1 saturated heterocycles. The second-order valence-corrected chi connectivity index (χ2v) is 6.48. The van der Waals surface area contributed by atoms with Gasteiger partial charge in [-0.25, -0.2) is 4.39 Å². The van der Waals surface area contributed by atoms with E-state index in [9.17, 15) is 14.0 Å². The lowest BCUT2D eigenvalue weighted by Gasteiger charge is -2.35. The van der Waals surface area contributed by atoms with Crippen LogP contribution in [0.1, 0.15) is 20.7 Å². The summed E-state index contributed by atoms with van der Waals surface area (Å²) < 4.78 is 13.3. The molecule has 4 nitrogen and oxygen atoms in total. The quantitative estimate of drug-likeness (QED) is 0.796. The van der Waals surface area contributed by atoms with Gasteiger partial charge in [0.1, 0.15) is 5.82 Å². The Morgan fingerprint density at radius 2 is 1.48 bits per heavy atom. The van der Waals surface area contributed by atoms with Crippen molar-refractivity contribution in [2.24, 2.45) is 0 Å². The molecule has 0 radical (unpaired) electrons. The second-order valence-electron chi connectivity index (χ2n) is 5.70. The summed E-state index contributed by atoms with van der Waals surface area (Å²) in [6.07, 6.45) is 0. The standard InChI is InChI=1S/C18H15Cl2FN2O2/c19-15-6-2-5-14(16(15)20)18(25)23-9-7-22(8-10-23)17(24)12-3-1-4-13(21)11-12/h1-6,11H,7-10H2. The van der Waals surface area contributed by atoms with E-state index in [1.54, 1.807) is 34.1 Å². The predicted molar refractivity (Wildman–Crippen MR) is 94.7 cm³/mol. The fraction of sp³-hybridized carbons (Fsp3) is 0.222. The maximum Gasteiger partial charge on any atom is 0.255 e. The Kier molecular flexibility index (Phi) is 5.25. The number of rotatable bonds is 2. The third-order valence-electron chi connectivity index (χ3n) is 4.11. The Labute approximate surface area is 154 Å². The van der Waals surface area contributed by atoms with Crippen molar-refractivity contribution < 1.29 is 14.0 Å². The molecule has 0 saturated carbocycles. The molecule has 1 fully saturated rings. The van der Waals surface area contributed by atoms with Crippen LogP contribution in [0.25, 0.3) is 0 Å². The van der Waals surface area contributed by atoms with E-state index in [0.29, 0.717) is 42.3 Å². The molecule has 25 heavy (non-hydrogen) atoms. The monoisotopic (exact) mass is 380 g/mol. The van der Waals surface area contributed by atoms with Crippen LogP contribution in [0.5, 0.6) is 0 Å². The highest BCUT2D eigenvalue weighted by Gasteiger charge is 2.27. The van der Waals surface area contributed by atoms with Crippen molar-refractivity contribution in [3.05, 3.63) is 69.5 Å². The van der Waals surface area contributed by atoms with Crippen molar-refractivity contribution in [3.63, 3.8) is 0 Å². The average molecular weight is 381 g/mol. The molecule has 2 aromatic rings. The first kappa shape index (κ1) is 17.7. The molecule has 1 heterocycles. The van der Waals surface area contributed by atoms with Gasteiger partial charge in [-0.1, -0.05) is 35.3 Å². The minimum Gasteiger partial charge on any atom is -0.335 e. The van der Waals surface area contributed by atoms with Crippen LogP contribution >= 0.6 is 23.2 Å². The van der Waals surface area contributed by atoms with E-state index in [4.69, 9.17) is 23.2 Å². The van der Waals surface area contributed by atoms with E-state index in [-0.39, 0.29) is 16.8 Å². The van der Waals surface area contributed by atoms with Gasteiger partial charge < -0.3 is 9.80 Å². The molecule has 0 atom stereocenters. The first-order chi connectivity index (χ1) is 12.0. The van der Waals surface area contributed by atoms with Crippen molar-refractivity contribution in [1.82, 2.24) is 9.80 Å². The van der Waals surface area contributed by atoms with Gasteiger partial charge in [-0.15, -0.1) is 0 Å². The van der Waals surface area contributed by atoms with Gasteiger partial charge in [0.25, 0.3) is 11.8 Å². The van der Waals surface area contributed by atoms with Crippen molar-refractivity contribution in [2.45, 2.75) is 0 Å². The fourth-order valence-electron chi connectivity index (χ4n) is 2.76.